The Morgan fingerprint density at radius 3 is 2.67 bits per heavy atom. The standard InChI is InChI=1S/C23H23ClFN5O3/c24-17-6-3-4-15(21(17)25)10-27-19(31)12-29(11-14-8-9-14)20(32)13-30-18-7-2-1-5-16(18)22(28-30)23(26)33/h1-7,14H,8-13H2,(H2,26,33)(H,27,31). The SMILES string of the molecule is NC(=O)c1nn(CC(=O)N(CC(=O)NCc2cccc(Cl)c2F)CC2CC2)c2ccccc12. The molecule has 1 aliphatic carbocycles. The minimum Gasteiger partial charge on any atom is -0.364 e. The number of fused-ring (bicyclic) bond motifs is 1. The molecule has 0 bridgehead atoms. The number of rotatable bonds is 9. The Morgan fingerprint density at radius 2 is 1.94 bits per heavy atom. The summed E-state index contributed by atoms with van der Waals surface area (Å²) in [6.45, 7) is 0.0955. The van der Waals surface area contributed by atoms with E-state index in [1.54, 1.807) is 30.3 Å². The van der Waals surface area contributed by atoms with Gasteiger partial charge in [0.1, 0.15) is 12.4 Å². The monoisotopic (exact) mass is 471 g/mol. The molecule has 0 radical (unpaired) electrons. The van der Waals surface area contributed by atoms with E-state index in [4.69, 9.17) is 17.3 Å². The Balaban J connectivity index is 1.45. The Hall–Kier alpha value is -3.46. The zero-order chi connectivity index (χ0) is 23.5. The van der Waals surface area contributed by atoms with E-state index < -0.39 is 17.6 Å². The summed E-state index contributed by atoms with van der Waals surface area (Å²) in [5.41, 5.74) is 6.38. The van der Waals surface area contributed by atoms with Crippen molar-refractivity contribution in [1.29, 1.82) is 0 Å². The molecule has 0 spiro atoms. The summed E-state index contributed by atoms with van der Waals surface area (Å²) in [5, 5.41) is 7.41. The number of para-hydroxylation sites is 1. The van der Waals surface area contributed by atoms with Crippen molar-refractivity contribution in [3.63, 3.8) is 0 Å². The van der Waals surface area contributed by atoms with Crippen molar-refractivity contribution in [3.8, 4) is 0 Å². The fourth-order valence-corrected chi connectivity index (χ4v) is 3.83. The van der Waals surface area contributed by atoms with Crippen molar-refractivity contribution in [1.82, 2.24) is 20.0 Å². The van der Waals surface area contributed by atoms with Gasteiger partial charge in [-0.05, 0) is 30.9 Å². The number of nitrogens with two attached hydrogens (primary N) is 1. The van der Waals surface area contributed by atoms with Crippen molar-refractivity contribution >= 4 is 40.2 Å². The molecule has 8 nitrogen and oxygen atoms in total. The minimum atomic E-state index is -0.681. The van der Waals surface area contributed by atoms with Crippen molar-refractivity contribution in [2.45, 2.75) is 25.9 Å². The predicted octanol–water partition coefficient (Wildman–Crippen LogP) is 2.48. The molecule has 10 heteroatoms. The van der Waals surface area contributed by atoms with Crippen LogP contribution in [0.2, 0.25) is 5.02 Å². The molecule has 33 heavy (non-hydrogen) atoms. The van der Waals surface area contributed by atoms with Gasteiger partial charge in [0.2, 0.25) is 11.8 Å². The summed E-state index contributed by atoms with van der Waals surface area (Å²) in [6, 6.07) is 11.6. The van der Waals surface area contributed by atoms with E-state index in [0.29, 0.717) is 23.4 Å². The summed E-state index contributed by atoms with van der Waals surface area (Å²) < 4.78 is 15.5. The Morgan fingerprint density at radius 1 is 1.18 bits per heavy atom. The first-order valence-corrected chi connectivity index (χ1v) is 10.9. The number of carbonyl (C=O) groups excluding carboxylic acids is 3. The number of aromatic nitrogens is 2. The molecule has 172 valence electrons. The quantitative estimate of drug-likeness (QED) is 0.499. The maximum Gasteiger partial charge on any atom is 0.269 e. The van der Waals surface area contributed by atoms with Crippen LogP contribution in [-0.4, -0.2) is 45.5 Å². The normalized spacial score (nSPS) is 13.2. The van der Waals surface area contributed by atoms with Gasteiger partial charge in [-0.15, -0.1) is 0 Å². The molecule has 0 unspecified atom stereocenters. The van der Waals surface area contributed by atoms with Crippen LogP contribution in [-0.2, 0) is 22.7 Å². The Bertz CT molecular complexity index is 1220. The first-order valence-electron chi connectivity index (χ1n) is 10.6. The highest BCUT2D eigenvalue weighted by molar-refractivity contribution is 6.30. The first kappa shape index (κ1) is 22.7. The number of amides is 3. The van der Waals surface area contributed by atoms with E-state index in [1.807, 2.05) is 0 Å². The third kappa shape index (κ3) is 5.31. The van der Waals surface area contributed by atoms with Crippen molar-refractivity contribution in [2.75, 3.05) is 13.1 Å². The first-order chi connectivity index (χ1) is 15.8. The minimum absolute atomic E-state index is 0.0194. The van der Waals surface area contributed by atoms with Crippen LogP contribution in [0.3, 0.4) is 0 Å². The van der Waals surface area contributed by atoms with Crippen LogP contribution >= 0.6 is 11.6 Å². The zero-order valence-corrected chi connectivity index (χ0v) is 18.5. The fourth-order valence-electron chi connectivity index (χ4n) is 3.63. The third-order valence-corrected chi connectivity index (χ3v) is 5.84. The lowest BCUT2D eigenvalue weighted by atomic mass is 10.2. The predicted molar refractivity (Wildman–Crippen MR) is 121 cm³/mol. The molecule has 3 amide bonds. The zero-order valence-electron chi connectivity index (χ0n) is 17.8. The summed E-state index contributed by atoms with van der Waals surface area (Å²) >= 11 is 5.78. The molecular weight excluding hydrogens is 449 g/mol. The second-order valence-corrected chi connectivity index (χ2v) is 8.50. The van der Waals surface area contributed by atoms with Crippen molar-refractivity contribution < 1.29 is 18.8 Å². The highest BCUT2D eigenvalue weighted by Gasteiger charge is 2.29. The van der Waals surface area contributed by atoms with E-state index in [0.717, 1.165) is 12.8 Å². The summed E-state index contributed by atoms with van der Waals surface area (Å²) in [5.74, 6) is -1.63. The average molecular weight is 472 g/mol. The molecule has 3 aromatic rings. The number of halogens is 2. The van der Waals surface area contributed by atoms with Gasteiger partial charge < -0.3 is 16.0 Å². The maximum atomic E-state index is 14.1. The second-order valence-electron chi connectivity index (χ2n) is 8.09. The topological polar surface area (TPSA) is 110 Å². The van der Waals surface area contributed by atoms with E-state index in [-0.39, 0.29) is 41.8 Å². The molecule has 1 aliphatic rings. The highest BCUT2D eigenvalue weighted by Crippen LogP contribution is 2.30. The number of primary amides is 1. The van der Waals surface area contributed by atoms with E-state index in [1.165, 1.54) is 21.7 Å². The largest absolute Gasteiger partial charge is 0.364 e. The highest BCUT2D eigenvalue weighted by atomic mass is 35.5. The lowest BCUT2D eigenvalue weighted by molar-refractivity contribution is -0.137. The molecule has 0 aliphatic heterocycles. The summed E-state index contributed by atoms with van der Waals surface area (Å²) in [4.78, 5) is 38.9. The number of benzene rings is 2. The second kappa shape index (κ2) is 9.58. The lowest BCUT2D eigenvalue weighted by Crippen LogP contribution is -2.43. The van der Waals surface area contributed by atoms with Gasteiger partial charge in [-0.3, -0.25) is 19.1 Å². The molecule has 0 saturated heterocycles. The van der Waals surface area contributed by atoms with Crippen LogP contribution in [0.1, 0.15) is 28.9 Å². The molecule has 2 aromatic carbocycles. The molecule has 1 fully saturated rings. The molecule has 1 heterocycles. The van der Waals surface area contributed by atoms with E-state index >= 15 is 0 Å². The molecule has 3 N–H and O–H groups in total. The number of nitrogens with one attached hydrogen (secondary N) is 1. The van der Waals surface area contributed by atoms with Gasteiger partial charge >= 0.3 is 0 Å². The van der Waals surface area contributed by atoms with Crippen LogP contribution in [0.5, 0.6) is 0 Å². The smallest absolute Gasteiger partial charge is 0.269 e. The number of nitrogens with zero attached hydrogens (tertiary/aromatic N) is 3. The van der Waals surface area contributed by atoms with Gasteiger partial charge in [0, 0.05) is 24.0 Å². The van der Waals surface area contributed by atoms with Gasteiger partial charge in [-0.2, -0.15) is 5.10 Å². The maximum absolute atomic E-state index is 14.1. The molecule has 1 aromatic heterocycles. The third-order valence-electron chi connectivity index (χ3n) is 5.55. The number of hydrogen-bond donors (Lipinski definition) is 2. The van der Waals surface area contributed by atoms with E-state index in [9.17, 15) is 18.8 Å². The van der Waals surface area contributed by atoms with Crippen LogP contribution in [0.15, 0.2) is 42.5 Å². The van der Waals surface area contributed by atoms with Crippen LogP contribution in [0, 0.1) is 11.7 Å². The number of hydrogen-bond acceptors (Lipinski definition) is 4. The van der Waals surface area contributed by atoms with Crippen LogP contribution in [0.4, 0.5) is 4.39 Å². The lowest BCUT2D eigenvalue weighted by Gasteiger charge is -2.22. The molecule has 4 rings (SSSR count). The van der Waals surface area contributed by atoms with Gasteiger partial charge in [-0.25, -0.2) is 4.39 Å². The number of carbonyl (C=O) groups is 3. The molecular formula is C23H23ClFN5O3. The average Bonchev–Trinajstić information content (AvgIpc) is 3.53. The van der Waals surface area contributed by atoms with E-state index in [2.05, 4.69) is 10.4 Å². The Labute approximate surface area is 194 Å². The summed E-state index contributed by atoms with van der Waals surface area (Å²) in [7, 11) is 0. The van der Waals surface area contributed by atoms with Gasteiger partial charge in [0.15, 0.2) is 5.69 Å². The van der Waals surface area contributed by atoms with Gasteiger partial charge in [0.25, 0.3) is 5.91 Å². The fraction of sp³-hybridized carbons (Fsp3) is 0.304. The molecule has 0 atom stereocenters. The summed E-state index contributed by atoms with van der Waals surface area (Å²) in [6.07, 6.45) is 1.99. The van der Waals surface area contributed by atoms with Crippen molar-refractivity contribution in [2.24, 2.45) is 11.7 Å². The van der Waals surface area contributed by atoms with Crippen molar-refractivity contribution in [3.05, 3.63) is 64.6 Å². The Kier molecular flexibility index (Phi) is 6.60. The van der Waals surface area contributed by atoms with Crippen LogP contribution in [0.25, 0.3) is 10.9 Å². The van der Waals surface area contributed by atoms with Gasteiger partial charge in [0.05, 0.1) is 17.1 Å². The van der Waals surface area contributed by atoms with Crippen LogP contribution < -0.4 is 11.1 Å². The van der Waals surface area contributed by atoms with Gasteiger partial charge in [-0.1, -0.05) is 41.9 Å². The molecule has 1 saturated carbocycles.